The first kappa shape index (κ1) is 18.7. The van der Waals surface area contributed by atoms with Gasteiger partial charge in [0, 0.05) is 38.8 Å². The summed E-state index contributed by atoms with van der Waals surface area (Å²) < 4.78 is 5.36. The first-order chi connectivity index (χ1) is 14.3. The average Bonchev–Trinajstić information content (AvgIpc) is 3.55. The zero-order chi connectivity index (χ0) is 19.6. The van der Waals surface area contributed by atoms with Crippen molar-refractivity contribution in [2.45, 2.75) is 45.2 Å². The van der Waals surface area contributed by atoms with E-state index < -0.39 is 0 Å². The summed E-state index contributed by atoms with van der Waals surface area (Å²) in [7, 11) is 0. The van der Waals surface area contributed by atoms with Crippen LogP contribution in [0.15, 0.2) is 27.8 Å². The third-order valence-corrected chi connectivity index (χ3v) is 6.77. The van der Waals surface area contributed by atoms with Gasteiger partial charge >= 0.3 is 0 Å². The van der Waals surface area contributed by atoms with E-state index >= 15 is 0 Å². The lowest BCUT2D eigenvalue weighted by Crippen LogP contribution is -2.55. The number of piperazine rings is 1. The summed E-state index contributed by atoms with van der Waals surface area (Å²) in [4.78, 5) is 14.4. The van der Waals surface area contributed by atoms with Crippen molar-refractivity contribution >= 4 is 5.96 Å². The average molecular weight is 398 g/mol. The monoisotopic (exact) mass is 397 g/mol. The fourth-order valence-electron chi connectivity index (χ4n) is 5.38. The molecule has 2 aromatic heterocycles. The molecule has 2 aromatic rings. The van der Waals surface area contributed by atoms with Crippen LogP contribution in [-0.2, 0) is 6.54 Å². The molecule has 3 unspecified atom stereocenters. The molecule has 8 nitrogen and oxygen atoms in total. The summed E-state index contributed by atoms with van der Waals surface area (Å²) >= 11 is 0. The summed E-state index contributed by atoms with van der Waals surface area (Å²) in [6.07, 6.45) is 7.47. The second-order valence-corrected chi connectivity index (χ2v) is 8.52. The van der Waals surface area contributed by atoms with E-state index in [1.807, 2.05) is 12.1 Å². The highest BCUT2D eigenvalue weighted by Gasteiger charge is 2.42. The quantitative estimate of drug-likeness (QED) is 0.595. The van der Waals surface area contributed by atoms with E-state index in [0.717, 1.165) is 62.4 Å². The number of hydrogen-bond donors (Lipinski definition) is 2. The van der Waals surface area contributed by atoms with Crippen LogP contribution < -0.4 is 5.32 Å². The molecule has 1 saturated heterocycles. The molecule has 0 spiro atoms. The zero-order valence-electron chi connectivity index (χ0n) is 17.2. The number of fused-ring (bicyclic) bond motifs is 2. The number of H-pyrrole nitrogens is 1. The summed E-state index contributed by atoms with van der Waals surface area (Å²) in [6, 6.07) is 4.53. The number of nitrogens with one attached hydrogen (secondary N) is 2. The van der Waals surface area contributed by atoms with E-state index in [4.69, 9.17) is 9.41 Å². The second kappa shape index (κ2) is 8.18. The normalized spacial score (nSPS) is 27.7. The van der Waals surface area contributed by atoms with E-state index in [2.05, 4.69) is 37.2 Å². The summed E-state index contributed by atoms with van der Waals surface area (Å²) in [5.74, 6) is 4.92. The molecule has 0 radical (unpaired) electrons. The van der Waals surface area contributed by atoms with Gasteiger partial charge in [-0.3, -0.25) is 10.00 Å². The highest BCUT2D eigenvalue weighted by molar-refractivity contribution is 5.80. The van der Waals surface area contributed by atoms with Gasteiger partial charge in [-0.25, -0.2) is 9.98 Å². The first-order valence-corrected chi connectivity index (χ1v) is 11.0. The van der Waals surface area contributed by atoms with Crippen LogP contribution in [0.25, 0.3) is 11.6 Å². The molecule has 2 bridgehead atoms. The topological polar surface area (TPSA) is 85.6 Å². The Morgan fingerprint density at radius 3 is 2.86 bits per heavy atom. The van der Waals surface area contributed by atoms with Crippen LogP contribution in [0, 0.1) is 11.8 Å². The molecule has 3 heterocycles. The standard InChI is InChI=1S/C21H31N7O/c1-2-22-21(23-14-19-24-20(26-25-19)18-4-3-11-29-18)28-9-7-27(8-10-28)17-13-15-5-6-16(17)12-15/h3-4,11,15-17H,2,5-10,12-14H2,1H3,(H,22,23)(H,24,25,26). The lowest BCUT2D eigenvalue weighted by atomic mass is 9.93. The minimum atomic E-state index is 0.475. The van der Waals surface area contributed by atoms with Crippen LogP contribution in [0.4, 0.5) is 0 Å². The Hall–Kier alpha value is -2.35. The minimum Gasteiger partial charge on any atom is -0.461 e. The lowest BCUT2D eigenvalue weighted by molar-refractivity contribution is 0.0958. The van der Waals surface area contributed by atoms with Gasteiger partial charge in [0.2, 0.25) is 5.82 Å². The molecule has 156 valence electrons. The maximum absolute atomic E-state index is 5.36. The van der Waals surface area contributed by atoms with Crippen molar-refractivity contribution in [1.29, 1.82) is 0 Å². The van der Waals surface area contributed by atoms with Gasteiger partial charge in [-0.1, -0.05) is 6.42 Å². The zero-order valence-corrected chi connectivity index (χ0v) is 17.2. The molecule has 3 fully saturated rings. The van der Waals surface area contributed by atoms with E-state index in [-0.39, 0.29) is 0 Å². The number of aromatic nitrogens is 3. The number of rotatable bonds is 5. The van der Waals surface area contributed by atoms with Gasteiger partial charge in [-0.2, -0.15) is 0 Å². The summed E-state index contributed by atoms with van der Waals surface area (Å²) in [5.41, 5.74) is 0. The Morgan fingerprint density at radius 1 is 1.28 bits per heavy atom. The lowest BCUT2D eigenvalue weighted by Gasteiger charge is -2.42. The van der Waals surface area contributed by atoms with Crippen molar-refractivity contribution in [3.8, 4) is 11.6 Å². The van der Waals surface area contributed by atoms with Crippen LogP contribution in [0.3, 0.4) is 0 Å². The minimum absolute atomic E-state index is 0.475. The Kier molecular flexibility index (Phi) is 5.26. The molecule has 8 heteroatoms. The van der Waals surface area contributed by atoms with Crippen LogP contribution in [0.5, 0.6) is 0 Å². The molecule has 2 saturated carbocycles. The fraction of sp³-hybridized carbons (Fsp3) is 0.667. The molecular weight excluding hydrogens is 366 g/mol. The van der Waals surface area contributed by atoms with E-state index in [9.17, 15) is 0 Å². The Labute approximate surface area is 171 Å². The molecule has 1 aliphatic heterocycles. The molecule has 5 rings (SSSR count). The van der Waals surface area contributed by atoms with Gasteiger partial charge in [-0.15, -0.1) is 5.10 Å². The molecule has 2 N–H and O–H groups in total. The molecular formula is C21H31N7O. The van der Waals surface area contributed by atoms with Crippen LogP contribution >= 0.6 is 0 Å². The van der Waals surface area contributed by atoms with Crippen molar-refractivity contribution in [3.63, 3.8) is 0 Å². The van der Waals surface area contributed by atoms with Crippen molar-refractivity contribution in [2.75, 3.05) is 32.7 Å². The number of aliphatic imine (C=N–C) groups is 1. The van der Waals surface area contributed by atoms with Crippen molar-refractivity contribution in [2.24, 2.45) is 16.8 Å². The summed E-state index contributed by atoms with van der Waals surface area (Å²) in [6.45, 7) is 7.81. The van der Waals surface area contributed by atoms with Gasteiger partial charge in [0.15, 0.2) is 11.7 Å². The maximum Gasteiger partial charge on any atom is 0.216 e. The third-order valence-electron chi connectivity index (χ3n) is 6.77. The van der Waals surface area contributed by atoms with Crippen molar-refractivity contribution in [1.82, 2.24) is 30.3 Å². The maximum atomic E-state index is 5.36. The predicted octanol–water partition coefficient (Wildman–Crippen LogP) is 2.34. The number of guanidine groups is 1. The second-order valence-electron chi connectivity index (χ2n) is 8.52. The molecule has 0 aromatic carbocycles. The molecule has 3 aliphatic rings. The van der Waals surface area contributed by atoms with Gasteiger partial charge in [-0.05, 0) is 50.2 Å². The van der Waals surface area contributed by atoms with Gasteiger partial charge in [0.25, 0.3) is 0 Å². The highest BCUT2D eigenvalue weighted by atomic mass is 16.3. The summed E-state index contributed by atoms with van der Waals surface area (Å²) in [5, 5.41) is 10.6. The van der Waals surface area contributed by atoms with Gasteiger partial charge in [0.05, 0.1) is 6.26 Å². The Bertz CT molecular complexity index is 822. The van der Waals surface area contributed by atoms with Crippen LogP contribution in [0.2, 0.25) is 0 Å². The number of hydrogen-bond acceptors (Lipinski definition) is 5. The SMILES string of the molecule is CCNC(=NCc1nc(-c2ccco2)n[nH]1)N1CCN(C2CC3CCC2C3)CC1. The molecule has 3 atom stereocenters. The van der Waals surface area contributed by atoms with Gasteiger partial charge < -0.3 is 14.6 Å². The van der Waals surface area contributed by atoms with Gasteiger partial charge in [0.1, 0.15) is 12.4 Å². The molecule has 2 aliphatic carbocycles. The Balaban J connectivity index is 1.19. The smallest absolute Gasteiger partial charge is 0.216 e. The Morgan fingerprint density at radius 2 is 2.17 bits per heavy atom. The largest absolute Gasteiger partial charge is 0.461 e. The highest BCUT2D eigenvalue weighted by Crippen LogP contribution is 2.46. The molecule has 29 heavy (non-hydrogen) atoms. The van der Waals surface area contributed by atoms with Crippen LogP contribution in [0.1, 0.15) is 38.4 Å². The first-order valence-electron chi connectivity index (χ1n) is 11.0. The number of furan rings is 1. The third kappa shape index (κ3) is 3.90. The van der Waals surface area contributed by atoms with Crippen molar-refractivity contribution in [3.05, 3.63) is 24.2 Å². The predicted molar refractivity (Wildman–Crippen MR) is 111 cm³/mol. The van der Waals surface area contributed by atoms with Crippen LogP contribution in [-0.4, -0.2) is 69.7 Å². The molecule has 0 amide bonds. The van der Waals surface area contributed by atoms with Crippen molar-refractivity contribution < 1.29 is 4.42 Å². The fourth-order valence-corrected chi connectivity index (χ4v) is 5.38. The van der Waals surface area contributed by atoms with E-state index in [1.54, 1.807) is 6.26 Å². The van der Waals surface area contributed by atoms with E-state index in [1.165, 1.54) is 25.7 Å². The number of nitrogens with zero attached hydrogens (tertiary/aromatic N) is 5. The number of aromatic amines is 1. The van der Waals surface area contributed by atoms with E-state index in [0.29, 0.717) is 18.1 Å².